The highest BCUT2D eigenvalue weighted by atomic mass is 35.5. The molecule has 5 rings (SSSR count). The highest BCUT2D eigenvalue weighted by molar-refractivity contribution is 6.30. The van der Waals surface area contributed by atoms with E-state index in [2.05, 4.69) is 17.0 Å². The van der Waals surface area contributed by atoms with Crippen LogP contribution in [0.4, 0.5) is 0 Å². The standard InChI is InChI=1S/C29H30ClN3O2/c30-23-15-17-25(18-16-23)35-21-28-31-26-13-7-8-14-27(26)33(28)20-29(34)32(24-11-5-2-6-12-24)19-22-9-3-1-4-10-22/h1,3-4,7-10,13-18,24H,2,5-6,11-12,19-21H2. The molecule has 1 amide bonds. The van der Waals surface area contributed by atoms with Crippen LogP contribution in [-0.2, 0) is 24.5 Å². The van der Waals surface area contributed by atoms with Gasteiger partial charge in [-0.25, -0.2) is 4.98 Å². The molecule has 1 aliphatic rings. The number of carbonyl (C=O) groups excluding carboxylic acids is 1. The van der Waals surface area contributed by atoms with Gasteiger partial charge in [0.2, 0.25) is 5.91 Å². The molecule has 6 heteroatoms. The van der Waals surface area contributed by atoms with E-state index < -0.39 is 0 Å². The summed E-state index contributed by atoms with van der Waals surface area (Å²) in [6, 6.07) is 25.8. The Bertz CT molecular complexity index is 1260. The van der Waals surface area contributed by atoms with Gasteiger partial charge in [-0.2, -0.15) is 0 Å². The fraction of sp³-hybridized carbons (Fsp3) is 0.310. The molecule has 4 aromatic rings. The predicted molar refractivity (Wildman–Crippen MR) is 139 cm³/mol. The van der Waals surface area contributed by atoms with E-state index >= 15 is 0 Å². The van der Waals surface area contributed by atoms with Crippen LogP contribution in [0, 0.1) is 0 Å². The van der Waals surface area contributed by atoms with Crippen LogP contribution in [0.2, 0.25) is 5.02 Å². The minimum atomic E-state index is 0.122. The van der Waals surface area contributed by atoms with Gasteiger partial charge in [0, 0.05) is 17.6 Å². The maximum Gasteiger partial charge on any atom is 0.243 e. The van der Waals surface area contributed by atoms with E-state index in [-0.39, 0.29) is 25.1 Å². The highest BCUT2D eigenvalue weighted by Crippen LogP contribution is 2.26. The monoisotopic (exact) mass is 487 g/mol. The summed E-state index contributed by atoms with van der Waals surface area (Å²) in [6.45, 7) is 1.14. The van der Waals surface area contributed by atoms with E-state index in [1.165, 1.54) is 19.3 Å². The first-order chi connectivity index (χ1) is 17.2. The van der Waals surface area contributed by atoms with E-state index in [0.29, 0.717) is 17.3 Å². The fourth-order valence-corrected chi connectivity index (χ4v) is 5.04. The molecule has 3 aromatic carbocycles. The summed E-state index contributed by atoms with van der Waals surface area (Å²) in [5.41, 5.74) is 2.97. The molecule has 1 heterocycles. The number of hydrogen-bond acceptors (Lipinski definition) is 3. The third kappa shape index (κ3) is 5.68. The first-order valence-corrected chi connectivity index (χ1v) is 12.7. The quantitative estimate of drug-likeness (QED) is 0.280. The second-order valence-electron chi connectivity index (χ2n) is 9.14. The molecule has 180 valence electrons. The number of benzene rings is 3. The van der Waals surface area contributed by atoms with Crippen molar-refractivity contribution >= 4 is 28.5 Å². The Kier molecular flexibility index (Phi) is 7.34. The lowest BCUT2D eigenvalue weighted by Crippen LogP contribution is -2.42. The van der Waals surface area contributed by atoms with Crippen molar-refractivity contribution < 1.29 is 9.53 Å². The van der Waals surface area contributed by atoms with Gasteiger partial charge >= 0.3 is 0 Å². The molecule has 0 radical (unpaired) electrons. The van der Waals surface area contributed by atoms with Crippen LogP contribution in [0.15, 0.2) is 78.9 Å². The van der Waals surface area contributed by atoms with Crippen LogP contribution in [-0.4, -0.2) is 26.4 Å². The van der Waals surface area contributed by atoms with Crippen molar-refractivity contribution in [2.45, 2.75) is 57.8 Å². The number of halogens is 1. The summed E-state index contributed by atoms with van der Waals surface area (Å²) in [5.74, 6) is 1.57. The molecule has 1 saturated carbocycles. The molecular formula is C29H30ClN3O2. The van der Waals surface area contributed by atoms with Crippen molar-refractivity contribution in [3.8, 4) is 5.75 Å². The van der Waals surface area contributed by atoms with Gasteiger partial charge in [-0.1, -0.05) is 73.3 Å². The lowest BCUT2D eigenvalue weighted by Gasteiger charge is -2.35. The molecule has 1 aromatic heterocycles. The summed E-state index contributed by atoms with van der Waals surface area (Å²) < 4.78 is 8.01. The Labute approximate surface area is 211 Å². The van der Waals surface area contributed by atoms with Crippen molar-refractivity contribution in [1.29, 1.82) is 0 Å². The largest absolute Gasteiger partial charge is 0.486 e. The van der Waals surface area contributed by atoms with E-state index in [1.807, 2.05) is 59.2 Å². The molecule has 1 fully saturated rings. The predicted octanol–water partition coefficient (Wildman–Crippen LogP) is 6.63. The summed E-state index contributed by atoms with van der Waals surface area (Å²) in [5, 5.41) is 0.663. The number of ether oxygens (including phenoxy) is 1. The molecule has 0 aliphatic heterocycles. The molecule has 1 aliphatic carbocycles. The van der Waals surface area contributed by atoms with E-state index in [0.717, 1.165) is 35.3 Å². The number of para-hydroxylation sites is 2. The van der Waals surface area contributed by atoms with E-state index in [4.69, 9.17) is 21.3 Å². The Balaban J connectivity index is 1.41. The van der Waals surface area contributed by atoms with Crippen molar-refractivity contribution in [2.24, 2.45) is 0 Å². The first-order valence-electron chi connectivity index (χ1n) is 12.3. The lowest BCUT2D eigenvalue weighted by atomic mass is 9.93. The number of nitrogens with zero attached hydrogens (tertiary/aromatic N) is 3. The van der Waals surface area contributed by atoms with E-state index in [1.54, 1.807) is 12.1 Å². The van der Waals surface area contributed by atoms with Gasteiger partial charge in [0.25, 0.3) is 0 Å². The van der Waals surface area contributed by atoms with Gasteiger partial charge in [-0.15, -0.1) is 0 Å². The van der Waals surface area contributed by atoms with Crippen LogP contribution in [0.5, 0.6) is 5.75 Å². The van der Waals surface area contributed by atoms with Crippen LogP contribution in [0.3, 0.4) is 0 Å². The molecule has 0 atom stereocenters. The number of carbonyl (C=O) groups is 1. The maximum atomic E-state index is 13.8. The van der Waals surface area contributed by atoms with Gasteiger partial charge in [-0.05, 0) is 54.8 Å². The maximum absolute atomic E-state index is 13.8. The van der Waals surface area contributed by atoms with Gasteiger partial charge in [0.1, 0.15) is 24.7 Å². The third-order valence-electron chi connectivity index (χ3n) is 6.74. The van der Waals surface area contributed by atoms with Crippen molar-refractivity contribution in [2.75, 3.05) is 0 Å². The summed E-state index contributed by atoms with van der Waals surface area (Å²) in [7, 11) is 0. The zero-order valence-electron chi connectivity index (χ0n) is 19.8. The summed E-state index contributed by atoms with van der Waals surface area (Å²) in [6.07, 6.45) is 5.74. The van der Waals surface area contributed by atoms with Crippen molar-refractivity contribution in [3.63, 3.8) is 0 Å². The smallest absolute Gasteiger partial charge is 0.243 e. The zero-order valence-corrected chi connectivity index (χ0v) is 20.5. The SMILES string of the molecule is O=C(Cn1c(COc2ccc(Cl)cc2)nc2ccccc21)N(Cc1ccccc1)C1CCCCC1. The van der Waals surface area contributed by atoms with Gasteiger partial charge in [0.05, 0.1) is 11.0 Å². The van der Waals surface area contributed by atoms with Crippen LogP contribution < -0.4 is 4.74 Å². The Morgan fingerprint density at radius 2 is 1.66 bits per heavy atom. The first kappa shape index (κ1) is 23.4. The van der Waals surface area contributed by atoms with Crippen molar-refractivity contribution in [1.82, 2.24) is 14.5 Å². The molecule has 0 saturated heterocycles. The molecule has 5 nitrogen and oxygen atoms in total. The summed E-state index contributed by atoms with van der Waals surface area (Å²) in [4.78, 5) is 20.7. The average molecular weight is 488 g/mol. The molecule has 0 N–H and O–H groups in total. The van der Waals surface area contributed by atoms with Gasteiger partial charge in [-0.3, -0.25) is 4.79 Å². The number of amides is 1. The van der Waals surface area contributed by atoms with E-state index in [9.17, 15) is 4.79 Å². The summed E-state index contributed by atoms with van der Waals surface area (Å²) >= 11 is 6.00. The number of imidazole rings is 1. The molecule has 35 heavy (non-hydrogen) atoms. The highest BCUT2D eigenvalue weighted by Gasteiger charge is 2.27. The Hall–Kier alpha value is -3.31. The number of fused-ring (bicyclic) bond motifs is 1. The van der Waals surface area contributed by atoms with Crippen molar-refractivity contribution in [3.05, 3.63) is 95.3 Å². The lowest BCUT2D eigenvalue weighted by molar-refractivity contribution is -0.135. The second-order valence-corrected chi connectivity index (χ2v) is 9.58. The normalized spacial score (nSPS) is 14.2. The fourth-order valence-electron chi connectivity index (χ4n) is 4.91. The van der Waals surface area contributed by atoms with Crippen LogP contribution >= 0.6 is 11.6 Å². The van der Waals surface area contributed by atoms with Crippen LogP contribution in [0.25, 0.3) is 11.0 Å². The Morgan fingerprint density at radius 1 is 0.943 bits per heavy atom. The zero-order chi connectivity index (χ0) is 24.0. The van der Waals surface area contributed by atoms with Gasteiger partial charge in [0.15, 0.2) is 0 Å². The van der Waals surface area contributed by atoms with Crippen LogP contribution in [0.1, 0.15) is 43.5 Å². The molecule has 0 spiro atoms. The minimum absolute atomic E-state index is 0.122. The minimum Gasteiger partial charge on any atom is -0.486 e. The number of aromatic nitrogens is 2. The third-order valence-corrected chi connectivity index (χ3v) is 6.99. The topological polar surface area (TPSA) is 47.4 Å². The number of hydrogen-bond donors (Lipinski definition) is 0. The Morgan fingerprint density at radius 3 is 2.43 bits per heavy atom. The molecular weight excluding hydrogens is 458 g/mol. The number of rotatable bonds is 8. The van der Waals surface area contributed by atoms with Gasteiger partial charge < -0.3 is 14.2 Å². The average Bonchev–Trinajstić information content (AvgIpc) is 3.25. The molecule has 0 bridgehead atoms. The second kappa shape index (κ2) is 11.0. The molecule has 0 unspecified atom stereocenters.